The monoisotopic (exact) mass is 180 g/mol. The van der Waals surface area contributed by atoms with Crippen molar-refractivity contribution in [2.75, 3.05) is 0 Å². The van der Waals surface area contributed by atoms with Crippen LogP contribution in [0, 0.1) is 17.1 Å². The molecule has 0 amide bonds. The number of nitrogens with two attached hydrogens (primary N) is 1. The van der Waals surface area contributed by atoms with Gasteiger partial charge in [0.05, 0.1) is 12.5 Å². The van der Waals surface area contributed by atoms with Crippen LogP contribution >= 0.6 is 0 Å². The van der Waals surface area contributed by atoms with Gasteiger partial charge < -0.3 is 10.8 Å². The Hall–Kier alpha value is -1.60. The van der Waals surface area contributed by atoms with Gasteiger partial charge in [-0.15, -0.1) is 0 Å². The Kier molecular flexibility index (Phi) is 2.83. The van der Waals surface area contributed by atoms with Crippen molar-refractivity contribution in [3.05, 3.63) is 29.6 Å². The minimum Gasteiger partial charge on any atom is -0.508 e. The van der Waals surface area contributed by atoms with Crippen molar-refractivity contribution in [1.82, 2.24) is 0 Å². The second-order valence-corrected chi connectivity index (χ2v) is 2.64. The minimum atomic E-state index is -0.772. The molecule has 3 N–H and O–H groups in total. The smallest absolute Gasteiger partial charge is 0.131 e. The quantitative estimate of drug-likeness (QED) is 0.723. The van der Waals surface area contributed by atoms with Gasteiger partial charge in [0.1, 0.15) is 11.6 Å². The van der Waals surface area contributed by atoms with Crippen molar-refractivity contribution < 1.29 is 9.50 Å². The Morgan fingerprint density at radius 3 is 2.85 bits per heavy atom. The number of hydrogen-bond acceptors (Lipinski definition) is 3. The van der Waals surface area contributed by atoms with Crippen LogP contribution in [0.1, 0.15) is 18.0 Å². The number of nitriles is 1. The molecular weight excluding hydrogens is 171 g/mol. The second kappa shape index (κ2) is 3.87. The molecule has 68 valence electrons. The van der Waals surface area contributed by atoms with Crippen molar-refractivity contribution in [2.45, 2.75) is 12.5 Å². The van der Waals surface area contributed by atoms with Crippen LogP contribution in [0.4, 0.5) is 4.39 Å². The van der Waals surface area contributed by atoms with E-state index in [4.69, 9.17) is 11.0 Å². The van der Waals surface area contributed by atoms with Gasteiger partial charge in [-0.05, 0) is 12.1 Å². The number of rotatable bonds is 2. The van der Waals surface area contributed by atoms with Crippen LogP contribution in [0.25, 0.3) is 0 Å². The fourth-order valence-corrected chi connectivity index (χ4v) is 1.09. The Bertz CT molecular complexity index is 326. The van der Waals surface area contributed by atoms with E-state index in [-0.39, 0.29) is 17.7 Å². The molecule has 0 aliphatic rings. The zero-order valence-electron chi connectivity index (χ0n) is 6.87. The van der Waals surface area contributed by atoms with Gasteiger partial charge in [0.25, 0.3) is 0 Å². The average Bonchev–Trinajstić information content (AvgIpc) is 2.04. The third-order valence-corrected chi connectivity index (χ3v) is 1.71. The first-order valence-corrected chi connectivity index (χ1v) is 3.76. The van der Waals surface area contributed by atoms with Gasteiger partial charge in [-0.2, -0.15) is 5.26 Å². The Labute approximate surface area is 75.2 Å². The average molecular weight is 180 g/mol. The lowest BCUT2D eigenvalue weighted by atomic mass is 10.0. The van der Waals surface area contributed by atoms with Crippen molar-refractivity contribution >= 4 is 0 Å². The predicted octanol–water partition coefficient (Wildman–Crippen LogP) is 1.44. The van der Waals surface area contributed by atoms with Crippen LogP contribution in [-0.2, 0) is 0 Å². The molecule has 0 aliphatic heterocycles. The van der Waals surface area contributed by atoms with E-state index in [9.17, 15) is 9.50 Å². The fraction of sp³-hybridized carbons (Fsp3) is 0.222. The number of hydrogen-bond donors (Lipinski definition) is 2. The molecule has 1 aromatic rings. The summed E-state index contributed by atoms with van der Waals surface area (Å²) in [6, 6.07) is 4.97. The SMILES string of the molecule is N#CCC(N)c1c(O)cccc1F. The van der Waals surface area contributed by atoms with Gasteiger partial charge >= 0.3 is 0 Å². The molecule has 1 aromatic carbocycles. The first kappa shape index (κ1) is 9.49. The Balaban J connectivity index is 3.06. The maximum absolute atomic E-state index is 13.1. The summed E-state index contributed by atoms with van der Waals surface area (Å²) in [7, 11) is 0. The highest BCUT2D eigenvalue weighted by Gasteiger charge is 2.14. The largest absolute Gasteiger partial charge is 0.508 e. The van der Waals surface area contributed by atoms with E-state index < -0.39 is 11.9 Å². The predicted molar refractivity (Wildman–Crippen MR) is 45.2 cm³/mol. The van der Waals surface area contributed by atoms with Crippen molar-refractivity contribution in [2.24, 2.45) is 5.73 Å². The van der Waals surface area contributed by atoms with Crippen molar-refractivity contribution in [3.8, 4) is 11.8 Å². The molecule has 0 aliphatic carbocycles. The number of halogens is 1. The minimum absolute atomic E-state index is 0.00375. The highest BCUT2D eigenvalue weighted by molar-refractivity contribution is 5.36. The highest BCUT2D eigenvalue weighted by Crippen LogP contribution is 2.26. The molecule has 1 atom stereocenters. The maximum atomic E-state index is 13.1. The lowest BCUT2D eigenvalue weighted by molar-refractivity contribution is 0.449. The van der Waals surface area contributed by atoms with Crippen LogP contribution < -0.4 is 5.73 Å². The van der Waals surface area contributed by atoms with Crippen LogP contribution in [0.15, 0.2) is 18.2 Å². The van der Waals surface area contributed by atoms with Gasteiger partial charge in [-0.25, -0.2) is 4.39 Å². The second-order valence-electron chi connectivity index (χ2n) is 2.64. The summed E-state index contributed by atoms with van der Waals surface area (Å²) < 4.78 is 13.1. The third-order valence-electron chi connectivity index (χ3n) is 1.71. The van der Waals surface area contributed by atoms with Crippen LogP contribution in [0.3, 0.4) is 0 Å². The van der Waals surface area contributed by atoms with Crippen molar-refractivity contribution in [1.29, 1.82) is 5.26 Å². The molecule has 0 bridgehead atoms. The van der Waals surface area contributed by atoms with E-state index in [1.165, 1.54) is 18.2 Å². The molecule has 0 heterocycles. The van der Waals surface area contributed by atoms with E-state index >= 15 is 0 Å². The zero-order valence-corrected chi connectivity index (χ0v) is 6.87. The summed E-state index contributed by atoms with van der Waals surface area (Å²) in [4.78, 5) is 0. The number of phenols is 1. The van der Waals surface area contributed by atoms with Crippen LogP contribution in [0.2, 0.25) is 0 Å². The van der Waals surface area contributed by atoms with Gasteiger partial charge in [0, 0.05) is 11.6 Å². The zero-order chi connectivity index (χ0) is 9.84. The number of aromatic hydroxyl groups is 1. The molecule has 0 saturated carbocycles. The van der Waals surface area contributed by atoms with E-state index in [1.807, 2.05) is 6.07 Å². The Morgan fingerprint density at radius 1 is 1.62 bits per heavy atom. The molecule has 0 radical (unpaired) electrons. The molecule has 1 unspecified atom stereocenters. The topological polar surface area (TPSA) is 70.0 Å². The molecule has 1 rings (SSSR count). The fourth-order valence-electron chi connectivity index (χ4n) is 1.09. The molecular formula is C9H9FN2O. The van der Waals surface area contributed by atoms with Crippen molar-refractivity contribution in [3.63, 3.8) is 0 Å². The first-order chi connectivity index (χ1) is 6.16. The van der Waals surface area contributed by atoms with Gasteiger partial charge in [0.2, 0.25) is 0 Å². The van der Waals surface area contributed by atoms with Crippen LogP contribution in [-0.4, -0.2) is 5.11 Å². The third kappa shape index (κ3) is 1.95. The first-order valence-electron chi connectivity index (χ1n) is 3.76. The normalized spacial score (nSPS) is 12.1. The number of nitrogens with zero attached hydrogens (tertiary/aromatic N) is 1. The summed E-state index contributed by atoms with van der Waals surface area (Å²) in [6.45, 7) is 0. The lowest BCUT2D eigenvalue weighted by Gasteiger charge is -2.10. The van der Waals surface area contributed by atoms with Gasteiger partial charge in [-0.1, -0.05) is 6.07 Å². The van der Waals surface area contributed by atoms with E-state index in [0.717, 1.165) is 0 Å². The summed E-state index contributed by atoms with van der Waals surface area (Å²) in [6.07, 6.45) is -0.0194. The Morgan fingerprint density at radius 2 is 2.31 bits per heavy atom. The molecule has 0 spiro atoms. The highest BCUT2D eigenvalue weighted by atomic mass is 19.1. The molecule has 3 nitrogen and oxygen atoms in total. The molecule has 0 fully saturated rings. The molecule has 0 aromatic heterocycles. The summed E-state index contributed by atoms with van der Waals surface area (Å²) in [5, 5.41) is 17.6. The summed E-state index contributed by atoms with van der Waals surface area (Å²) >= 11 is 0. The van der Waals surface area contributed by atoms with E-state index in [0.29, 0.717) is 0 Å². The molecule has 0 saturated heterocycles. The number of benzene rings is 1. The number of phenolic OH excluding ortho intramolecular Hbond substituents is 1. The lowest BCUT2D eigenvalue weighted by Crippen LogP contribution is -2.11. The summed E-state index contributed by atoms with van der Waals surface area (Å²) in [5.41, 5.74) is 5.49. The van der Waals surface area contributed by atoms with Gasteiger partial charge in [0.15, 0.2) is 0 Å². The standard InChI is InChI=1S/C9H9FN2O/c10-6-2-1-3-8(13)9(6)7(12)4-5-11/h1-3,7,13H,4,12H2. The summed E-state index contributed by atoms with van der Waals surface area (Å²) in [5.74, 6) is -0.787. The van der Waals surface area contributed by atoms with Gasteiger partial charge in [-0.3, -0.25) is 0 Å². The maximum Gasteiger partial charge on any atom is 0.131 e. The molecule has 13 heavy (non-hydrogen) atoms. The van der Waals surface area contributed by atoms with E-state index in [1.54, 1.807) is 0 Å². The molecule has 4 heteroatoms. The van der Waals surface area contributed by atoms with E-state index in [2.05, 4.69) is 0 Å². The van der Waals surface area contributed by atoms with Crippen LogP contribution in [0.5, 0.6) is 5.75 Å².